The molecule has 0 fully saturated rings. The number of sulfonamides is 1. The van der Waals surface area contributed by atoms with Crippen LogP contribution in [0.4, 0.5) is 5.69 Å². The van der Waals surface area contributed by atoms with Gasteiger partial charge in [0.2, 0.25) is 0 Å². The highest BCUT2D eigenvalue weighted by Gasteiger charge is 2.30. The fourth-order valence-electron chi connectivity index (χ4n) is 4.11. The third-order valence-corrected chi connectivity index (χ3v) is 8.73. The van der Waals surface area contributed by atoms with Crippen molar-refractivity contribution >= 4 is 66.5 Å². The van der Waals surface area contributed by atoms with Gasteiger partial charge < -0.3 is 4.74 Å². The first-order valence-electron chi connectivity index (χ1n) is 11.8. The van der Waals surface area contributed by atoms with Crippen molar-refractivity contribution in [3.05, 3.63) is 95.1 Å². The maximum absolute atomic E-state index is 14.0. The zero-order chi connectivity index (χ0) is 26.7. The van der Waals surface area contributed by atoms with Gasteiger partial charge in [0.25, 0.3) is 10.0 Å². The number of fused-ring (bicyclic) bond motifs is 2. The largest absolute Gasteiger partial charge is 0.465 e. The molecule has 0 unspecified atom stereocenters. The van der Waals surface area contributed by atoms with Gasteiger partial charge in [0.05, 0.1) is 44.7 Å². The van der Waals surface area contributed by atoms with Crippen LogP contribution in [0.25, 0.3) is 21.1 Å². The van der Waals surface area contributed by atoms with E-state index in [2.05, 4.69) is 11.1 Å². The van der Waals surface area contributed by atoms with E-state index in [1.165, 1.54) is 23.6 Å². The number of thiazole rings is 1. The number of nitriles is 1. The number of esters is 1. The summed E-state index contributed by atoms with van der Waals surface area (Å²) >= 11 is 1.50. The lowest BCUT2D eigenvalue weighted by Gasteiger charge is -2.24. The molecule has 8 nitrogen and oxygen atoms in total. The molecule has 0 amide bonds. The molecule has 0 aliphatic rings. The summed E-state index contributed by atoms with van der Waals surface area (Å²) in [5, 5.41) is 10.5. The second kappa shape index (κ2) is 11.8. The second-order valence-electron chi connectivity index (χ2n) is 8.39. The van der Waals surface area contributed by atoms with Crippen LogP contribution >= 0.6 is 23.7 Å². The Hall–Kier alpha value is -4.04. The van der Waals surface area contributed by atoms with E-state index in [0.29, 0.717) is 34.1 Å². The van der Waals surface area contributed by atoms with Crippen molar-refractivity contribution in [2.24, 2.45) is 0 Å². The predicted molar refractivity (Wildman–Crippen MR) is 154 cm³/mol. The second-order valence-corrected chi connectivity index (χ2v) is 11.3. The molecule has 5 rings (SSSR count). The number of anilines is 1. The number of aromatic nitrogens is 2. The van der Waals surface area contributed by atoms with Gasteiger partial charge in [0.1, 0.15) is 11.4 Å². The van der Waals surface area contributed by atoms with Crippen molar-refractivity contribution in [3.8, 4) is 6.07 Å². The number of rotatable bonds is 8. The van der Waals surface area contributed by atoms with Crippen molar-refractivity contribution in [3.63, 3.8) is 0 Å². The summed E-state index contributed by atoms with van der Waals surface area (Å²) in [5.74, 6) is -0.663. The average molecular weight is 579 g/mol. The van der Waals surface area contributed by atoms with E-state index >= 15 is 0 Å². The van der Waals surface area contributed by atoms with Crippen molar-refractivity contribution in [1.82, 2.24) is 9.97 Å². The smallest absolute Gasteiger partial charge is 0.326 e. The maximum atomic E-state index is 14.0. The maximum Gasteiger partial charge on any atom is 0.326 e. The number of hydrogen-bond donors (Lipinski definition) is 0. The molecule has 0 saturated carbocycles. The van der Waals surface area contributed by atoms with Crippen LogP contribution in [0.5, 0.6) is 0 Å². The third kappa shape index (κ3) is 5.86. The number of benzene rings is 3. The molecule has 11 heteroatoms. The molecule has 0 aliphatic carbocycles. The third-order valence-electron chi connectivity index (χ3n) is 5.88. The van der Waals surface area contributed by atoms with E-state index in [9.17, 15) is 13.2 Å². The lowest BCUT2D eigenvalue weighted by Crippen LogP contribution is -2.36. The van der Waals surface area contributed by atoms with Gasteiger partial charge in [-0.25, -0.2) is 13.4 Å². The Morgan fingerprint density at radius 1 is 1.08 bits per heavy atom. The quantitative estimate of drug-likeness (QED) is 0.224. The molecule has 39 heavy (non-hydrogen) atoms. The Bertz CT molecular complexity index is 1790. The van der Waals surface area contributed by atoms with Crippen LogP contribution in [0.15, 0.2) is 83.9 Å². The van der Waals surface area contributed by atoms with Crippen molar-refractivity contribution in [2.45, 2.75) is 18.2 Å². The highest BCUT2D eigenvalue weighted by atomic mass is 35.5. The van der Waals surface area contributed by atoms with Gasteiger partial charge in [-0.2, -0.15) is 5.26 Å². The number of nitrogens with zero attached hydrogens (tertiary/aromatic N) is 4. The van der Waals surface area contributed by atoms with Gasteiger partial charge in [-0.05, 0) is 55.0 Å². The summed E-state index contributed by atoms with van der Waals surface area (Å²) in [6, 6.07) is 23.0. The van der Waals surface area contributed by atoms with Crippen molar-refractivity contribution < 1.29 is 17.9 Å². The van der Waals surface area contributed by atoms with Crippen LogP contribution in [0.3, 0.4) is 0 Å². The first kappa shape index (κ1) is 28.0. The van der Waals surface area contributed by atoms with Crippen molar-refractivity contribution in [1.29, 1.82) is 5.26 Å². The van der Waals surface area contributed by atoms with Gasteiger partial charge in [0.15, 0.2) is 0 Å². The molecule has 0 aliphatic heterocycles. The summed E-state index contributed by atoms with van der Waals surface area (Å²) in [6.45, 7) is 1.31. The molecule has 0 saturated heterocycles. The number of para-hydroxylation sites is 1. The SMILES string of the molecule is CCOC(=O)CN(c1ccc2sc(Cc3ccc(C#N)cc3)nc2c1)S(=O)(=O)c1cccc2cccnc12.Cl. The Morgan fingerprint density at radius 2 is 1.85 bits per heavy atom. The van der Waals surface area contributed by atoms with Gasteiger partial charge >= 0.3 is 5.97 Å². The number of halogens is 1. The topological polar surface area (TPSA) is 113 Å². The van der Waals surface area contributed by atoms with E-state index in [-0.39, 0.29) is 23.9 Å². The molecule has 3 aromatic carbocycles. The molecule has 198 valence electrons. The zero-order valence-corrected chi connectivity index (χ0v) is 23.2. The van der Waals surface area contributed by atoms with E-state index in [1.54, 1.807) is 61.5 Å². The van der Waals surface area contributed by atoms with E-state index < -0.39 is 22.5 Å². The summed E-state index contributed by atoms with van der Waals surface area (Å²) in [7, 11) is -4.19. The molecule has 0 spiro atoms. The molecule has 2 aromatic heterocycles. The normalized spacial score (nSPS) is 11.1. The standard InChI is InChI=1S/C28H22N4O4S2.ClH/c1-2-36-27(33)18-32(38(34,35)25-7-3-5-21-6-4-14-30-28(21)25)22-12-13-24-23(16-22)31-26(37-24)15-19-8-10-20(17-29)11-9-19;/h3-14,16H,2,15,18H2,1H3;1H. The molecule has 0 bridgehead atoms. The zero-order valence-electron chi connectivity index (χ0n) is 20.8. The number of ether oxygens (including phenoxy) is 1. The van der Waals surface area contributed by atoms with Gasteiger partial charge in [0, 0.05) is 18.0 Å². The van der Waals surface area contributed by atoms with Crippen LogP contribution in [0.2, 0.25) is 0 Å². The number of carbonyl (C=O) groups is 1. The number of pyridine rings is 1. The fourth-order valence-corrected chi connectivity index (χ4v) is 6.66. The minimum Gasteiger partial charge on any atom is -0.465 e. The minimum atomic E-state index is -4.19. The fraction of sp³-hybridized carbons (Fsp3) is 0.143. The van der Waals surface area contributed by atoms with E-state index in [0.717, 1.165) is 19.6 Å². The summed E-state index contributed by atoms with van der Waals surface area (Å²) in [6.07, 6.45) is 2.11. The first-order valence-corrected chi connectivity index (χ1v) is 14.1. The van der Waals surface area contributed by atoms with Crippen LogP contribution in [-0.4, -0.2) is 37.5 Å². The predicted octanol–water partition coefficient (Wildman–Crippen LogP) is 5.49. The minimum absolute atomic E-state index is 0. The summed E-state index contributed by atoms with van der Waals surface area (Å²) < 4.78 is 34.9. The van der Waals surface area contributed by atoms with Gasteiger partial charge in [-0.15, -0.1) is 23.7 Å². The monoisotopic (exact) mass is 578 g/mol. The Morgan fingerprint density at radius 3 is 2.59 bits per heavy atom. The first-order chi connectivity index (χ1) is 18.4. The molecule has 2 heterocycles. The summed E-state index contributed by atoms with van der Waals surface area (Å²) in [4.78, 5) is 21.5. The van der Waals surface area contributed by atoms with Crippen LogP contribution < -0.4 is 4.31 Å². The average Bonchev–Trinajstić information content (AvgIpc) is 3.33. The Balaban J connectivity index is 0.00000353. The van der Waals surface area contributed by atoms with Crippen LogP contribution in [0, 0.1) is 11.3 Å². The molecule has 0 radical (unpaired) electrons. The van der Waals surface area contributed by atoms with Crippen LogP contribution in [0.1, 0.15) is 23.1 Å². The lowest BCUT2D eigenvalue weighted by molar-refractivity contribution is -0.141. The Labute approximate surface area is 236 Å². The van der Waals surface area contributed by atoms with E-state index in [1.807, 2.05) is 12.1 Å². The van der Waals surface area contributed by atoms with E-state index in [4.69, 9.17) is 15.0 Å². The molecular weight excluding hydrogens is 556 g/mol. The molecule has 5 aromatic rings. The van der Waals surface area contributed by atoms with Crippen molar-refractivity contribution in [2.75, 3.05) is 17.5 Å². The van der Waals surface area contributed by atoms with Gasteiger partial charge in [-0.3, -0.25) is 14.1 Å². The number of hydrogen-bond acceptors (Lipinski definition) is 8. The highest BCUT2D eigenvalue weighted by molar-refractivity contribution is 7.93. The van der Waals surface area contributed by atoms with Crippen LogP contribution in [-0.2, 0) is 26.0 Å². The van der Waals surface area contributed by atoms with Gasteiger partial charge in [-0.1, -0.05) is 30.3 Å². The molecular formula is C28H23ClN4O4S2. The molecule has 0 N–H and O–H groups in total. The lowest BCUT2D eigenvalue weighted by atomic mass is 10.1. The Kier molecular flexibility index (Phi) is 8.45. The summed E-state index contributed by atoms with van der Waals surface area (Å²) in [5.41, 5.74) is 2.85. The molecule has 0 atom stereocenters. The highest BCUT2D eigenvalue weighted by Crippen LogP contribution is 2.32. The number of carbonyl (C=O) groups excluding carboxylic acids is 1.